The predicted octanol–water partition coefficient (Wildman–Crippen LogP) is 2.22. The number of hydrogen-bond acceptors (Lipinski definition) is 4. The summed E-state index contributed by atoms with van der Waals surface area (Å²) in [6.07, 6.45) is 0.601. The number of aryl methyl sites for hydroxylation is 1. The number of nitro groups is 1. The molecule has 19 heavy (non-hydrogen) atoms. The summed E-state index contributed by atoms with van der Waals surface area (Å²) in [5.74, 6) is 0.236. The van der Waals surface area contributed by atoms with Gasteiger partial charge in [-0.15, -0.1) is 0 Å². The molecule has 0 aliphatic carbocycles. The number of nitrogens with one attached hydrogen (secondary N) is 1. The topological polar surface area (TPSA) is 88.9 Å². The van der Waals surface area contributed by atoms with Gasteiger partial charge in [0.15, 0.2) is 0 Å². The SMILES string of the molecule is CCc1nc(-c2ccccc2[N+](=O)[O-])[nH]c(=O)c1C. The minimum absolute atomic E-state index is 0.0726. The Hall–Kier alpha value is -2.50. The van der Waals surface area contributed by atoms with E-state index in [-0.39, 0.29) is 17.1 Å². The molecule has 6 heteroatoms. The van der Waals surface area contributed by atoms with Gasteiger partial charge in [0.25, 0.3) is 11.2 Å². The van der Waals surface area contributed by atoms with Crippen LogP contribution in [-0.4, -0.2) is 14.9 Å². The highest BCUT2D eigenvalue weighted by molar-refractivity contribution is 5.67. The minimum Gasteiger partial charge on any atom is -0.306 e. The normalized spacial score (nSPS) is 10.4. The van der Waals surface area contributed by atoms with Crippen LogP contribution in [0.25, 0.3) is 11.4 Å². The lowest BCUT2D eigenvalue weighted by molar-refractivity contribution is -0.384. The summed E-state index contributed by atoms with van der Waals surface area (Å²) >= 11 is 0. The molecule has 0 atom stereocenters. The summed E-state index contributed by atoms with van der Waals surface area (Å²) in [4.78, 5) is 29.2. The number of hydrogen-bond donors (Lipinski definition) is 1. The van der Waals surface area contributed by atoms with Crippen molar-refractivity contribution in [3.8, 4) is 11.4 Å². The smallest absolute Gasteiger partial charge is 0.280 e. The van der Waals surface area contributed by atoms with E-state index in [1.807, 2.05) is 6.92 Å². The van der Waals surface area contributed by atoms with Crippen molar-refractivity contribution >= 4 is 5.69 Å². The third kappa shape index (κ3) is 2.37. The molecule has 2 aromatic rings. The van der Waals surface area contributed by atoms with E-state index in [9.17, 15) is 14.9 Å². The second kappa shape index (κ2) is 5.01. The number of aromatic nitrogens is 2. The van der Waals surface area contributed by atoms with Gasteiger partial charge in [0.2, 0.25) is 0 Å². The molecule has 0 aliphatic heterocycles. The highest BCUT2D eigenvalue weighted by Gasteiger charge is 2.17. The summed E-state index contributed by atoms with van der Waals surface area (Å²) in [6.45, 7) is 3.58. The van der Waals surface area contributed by atoms with E-state index >= 15 is 0 Å². The van der Waals surface area contributed by atoms with Gasteiger partial charge in [-0.25, -0.2) is 4.98 Å². The van der Waals surface area contributed by atoms with Gasteiger partial charge in [0, 0.05) is 11.6 Å². The van der Waals surface area contributed by atoms with E-state index in [2.05, 4.69) is 9.97 Å². The Kier molecular flexibility index (Phi) is 3.41. The molecular formula is C13H13N3O3. The van der Waals surface area contributed by atoms with Gasteiger partial charge in [-0.05, 0) is 19.4 Å². The fourth-order valence-corrected chi connectivity index (χ4v) is 1.88. The maximum absolute atomic E-state index is 11.8. The van der Waals surface area contributed by atoms with Crippen LogP contribution in [0.1, 0.15) is 18.2 Å². The standard InChI is InChI=1S/C13H13N3O3/c1-3-10-8(2)13(17)15-12(14-10)9-6-4-5-7-11(9)16(18)19/h4-7H,3H2,1-2H3,(H,14,15,17). The molecule has 0 spiro atoms. The lowest BCUT2D eigenvalue weighted by Gasteiger charge is -2.06. The first-order chi connectivity index (χ1) is 9.04. The molecule has 0 saturated carbocycles. The van der Waals surface area contributed by atoms with Crippen LogP contribution in [0.3, 0.4) is 0 Å². The Balaban J connectivity index is 2.70. The summed E-state index contributed by atoms with van der Waals surface area (Å²) in [6, 6.07) is 6.22. The third-order valence-electron chi connectivity index (χ3n) is 2.94. The lowest BCUT2D eigenvalue weighted by atomic mass is 10.1. The second-order valence-corrected chi connectivity index (χ2v) is 4.11. The molecule has 0 fully saturated rings. The van der Waals surface area contributed by atoms with Crippen molar-refractivity contribution < 1.29 is 4.92 Å². The van der Waals surface area contributed by atoms with E-state index in [1.54, 1.807) is 25.1 Å². The third-order valence-corrected chi connectivity index (χ3v) is 2.94. The monoisotopic (exact) mass is 259 g/mol. The number of benzene rings is 1. The van der Waals surface area contributed by atoms with Crippen LogP contribution in [0, 0.1) is 17.0 Å². The average Bonchev–Trinajstić information content (AvgIpc) is 2.41. The van der Waals surface area contributed by atoms with Crippen LogP contribution < -0.4 is 5.56 Å². The summed E-state index contributed by atoms with van der Waals surface area (Å²) in [5.41, 5.74) is 1.18. The Bertz CT molecular complexity index is 692. The second-order valence-electron chi connectivity index (χ2n) is 4.11. The van der Waals surface area contributed by atoms with Crippen molar-refractivity contribution in [2.24, 2.45) is 0 Å². The van der Waals surface area contributed by atoms with Crippen LogP contribution in [0.2, 0.25) is 0 Å². The molecular weight excluding hydrogens is 246 g/mol. The van der Waals surface area contributed by atoms with Crippen LogP contribution in [0.15, 0.2) is 29.1 Å². The molecule has 1 aromatic heterocycles. The number of rotatable bonds is 3. The molecule has 0 unspecified atom stereocenters. The van der Waals surface area contributed by atoms with E-state index in [0.29, 0.717) is 23.2 Å². The summed E-state index contributed by atoms with van der Waals surface area (Å²) < 4.78 is 0. The highest BCUT2D eigenvalue weighted by Crippen LogP contribution is 2.26. The Labute approximate surface area is 109 Å². The fraction of sp³-hybridized carbons (Fsp3) is 0.231. The van der Waals surface area contributed by atoms with Gasteiger partial charge >= 0.3 is 0 Å². The fourth-order valence-electron chi connectivity index (χ4n) is 1.88. The Morgan fingerprint density at radius 1 is 1.37 bits per heavy atom. The van der Waals surface area contributed by atoms with Crippen molar-refractivity contribution in [3.05, 3.63) is 56.0 Å². The zero-order valence-corrected chi connectivity index (χ0v) is 10.6. The van der Waals surface area contributed by atoms with E-state index in [4.69, 9.17) is 0 Å². The van der Waals surface area contributed by atoms with E-state index < -0.39 is 4.92 Å². The largest absolute Gasteiger partial charge is 0.306 e. The number of para-hydroxylation sites is 1. The van der Waals surface area contributed by atoms with Crippen LogP contribution in [0.5, 0.6) is 0 Å². The number of nitrogens with zero attached hydrogens (tertiary/aromatic N) is 2. The number of H-pyrrole nitrogens is 1. The zero-order valence-electron chi connectivity index (χ0n) is 10.6. The van der Waals surface area contributed by atoms with Gasteiger partial charge in [0.1, 0.15) is 5.82 Å². The molecule has 1 heterocycles. The predicted molar refractivity (Wildman–Crippen MR) is 71.1 cm³/mol. The molecule has 0 bridgehead atoms. The molecule has 0 saturated heterocycles. The highest BCUT2D eigenvalue weighted by atomic mass is 16.6. The Morgan fingerprint density at radius 2 is 2.05 bits per heavy atom. The number of nitro benzene ring substituents is 1. The quantitative estimate of drug-likeness (QED) is 0.676. The molecule has 2 rings (SSSR count). The summed E-state index contributed by atoms with van der Waals surface area (Å²) in [7, 11) is 0. The lowest BCUT2D eigenvalue weighted by Crippen LogP contribution is -2.16. The first-order valence-electron chi connectivity index (χ1n) is 5.88. The van der Waals surface area contributed by atoms with Crippen LogP contribution in [-0.2, 0) is 6.42 Å². The average molecular weight is 259 g/mol. The molecule has 0 aliphatic rings. The molecule has 1 N–H and O–H groups in total. The zero-order chi connectivity index (χ0) is 14.0. The number of aromatic amines is 1. The molecule has 6 nitrogen and oxygen atoms in total. The van der Waals surface area contributed by atoms with Crippen LogP contribution >= 0.6 is 0 Å². The van der Waals surface area contributed by atoms with E-state index in [1.165, 1.54) is 6.07 Å². The van der Waals surface area contributed by atoms with Crippen molar-refractivity contribution in [1.29, 1.82) is 0 Å². The van der Waals surface area contributed by atoms with Crippen molar-refractivity contribution in [3.63, 3.8) is 0 Å². The van der Waals surface area contributed by atoms with E-state index in [0.717, 1.165) is 0 Å². The van der Waals surface area contributed by atoms with Gasteiger partial charge in [-0.3, -0.25) is 14.9 Å². The Morgan fingerprint density at radius 3 is 2.68 bits per heavy atom. The van der Waals surface area contributed by atoms with Gasteiger partial charge in [-0.1, -0.05) is 19.1 Å². The van der Waals surface area contributed by atoms with Crippen molar-refractivity contribution in [1.82, 2.24) is 9.97 Å². The van der Waals surface area contributed by atoms with Crippen molar-refractivity contribution in [2.45, 2.75) is 20.3 Å². The maximum Gasteiger partial charge on any atom is 0.280 e. The minimum atomic E-state index is -0.485. The molecule has 0 amide bonds. The van der Waals surface area contributed by atoms with Crippen molar-refractivity contribution in [2.75, 3.05) is 0 Å². The first kappa shape index (κ1) is 12.9. The maximum atomic E-state index is 11.8. The first-order valence-corrected chi connectivity index (χ1v) is 5.88. The molecule has 1 aromatic carbocycles. The van der Waals surface area contributed by atoms with Crippen LogP contribution in [0.4, 0.5) is 5.69 Å². The van der Waals surface area contributed by atoms with Gasteiger partial charge in [0.05, 0.1) is 16.2 Å². The molecule has 0 radical (unpaired) electrons. The van der Waals surface area contributed by atoms with Gasteiger partial charge < -0.3 is 4.98 Å². The molecule has 98 valence electrons. The summed E-state index contributed by atoms with van der Waals surface area (Å²) in [5, 5.41) is 11.0. The van der Waals surface area contributed by atoms with Gasteiger partial charge in [-0.2, -0.15) is 0 Å².